The maximum atomic E-state index is 12.8. The molecule has 1 fully saturated rings. The Kier molecular flexibility index (Phi) is 7.81. The van der Waals surface area contributed by atoms with Crippen LogP contribution in [0.4, 0.5) is 5.69 Å². The summed E-state index contributed by atoms with van der Waals surface area (Å²) in [6.07, 6.45) is 2.45. The SMILES string of the molecule is COC(=O)c1ccccc1NC(=O)C1CCCN(S(=O)(=O)CCCc2ccccc2)C1. The number of carbonyl (C=O) groups is 2. The fourth-order valence-electron chi connectivity index (χ4n) is 3.76. The molecule has 1 N–H and O–H groups in total. The van der Waals surface area contributed by atoms with Gasteiger partial charge in [0, 0.05) is 13.1 Å². The molecule has 1 unspecified atom stereocenters. The molecule has 8 heteroatoms. The number of anilines is 1. The van der Waals surface area contributed by atoms with Crippen LogP contribution in [0.5, 0.6) is 0 Å². The summed E-state index contributed by atoms with van der Waals surface area (Å²) in [4.78, 5) is 24.7. The van der Waals surface area contributed by atoms with Gasteiger partial charge in [0.15, 0.2) is 0 Å². The van der Waals surface area contributed by atoms with Gasteiger partial charge in [0.2, 0.25) is 15.9 Å². The van der Waals surface area contributed by atoms with Crippen molar-refractivity contribution in [3.63, 3.8) is 0 Å². The van der Waals surface area contributed by atoms with Crippen LogP contribution < -0.4 is 5.32 Å². The Morgan fingerprint density at radius 3 is 2.55 bits per heavy atom. The molecule has 3 rings (SSSR count). The van der Waals surface area contributed by atoms with E-state index in [1.807, 2.05) is 30.3 Å². The van der Waals surface area contributed by atoms with Gasteiger partial charge in [-0.25, -0.2) is 17.5 Å². The predicted octanol–water partition coefficient (Wildman–Crippen LogP) is 3.09. The Bertz CT molecular complexity index is 1010. The first-order valence-electron chi connectivity index (χ1n) is 10.4. The van der Waals surface area contributed by atoms with Crippen molar-refractivity contribution in [3.8, 4) is 0 Å². The number of piperidine rings is 1. The molecular formula is C23H28N2O5S. The Balaban J connectivity index is 1.59. The van der Waals surface area contributed by atoms with E-state index < -0.39 is 21.9 Å². The lowest BCUT2D eigenvalue weighted by atomic mass is 9.98. The van der Waals surface area contributed by atoms with Crippen molar-refractivity contribution in [3.05, 3.63) is 65.7 Å². The minimum absolute atomic E-state index is 0.0570. The van der Waals surface area contributed by atoms with Gasteiger partial charge in [0.05, 0.1) is 30.0 Å². The molecule has 2 aromatic rings. The van der Waals surface area contributed by atoms with Gasteiger partial charge in [-0.3, -0.25) is 4.79 Å². The van der Waals surface area contributed by atoms with Crippen LogP contribution in [-0.2, 0) is 26.0 Å². The number of nitrogens with one attached hydrogen (secondary N) is 1. The molecule has 166 valence electrons. The Labute approximate surface area is 183 Å². The lowest BCUT2D eigenvalue weighted by Crippen LogP contribution is -2.44. The van der Waals surface area contributed by atoms with Gasteiger partial charge in [-0.1, -0.05) is 42.5 Å². The van der Waals surface area contributed by atoms with E-state index in [-0.39, 0.29) is 23.8 Å². The molecule has 0 radical (unpaired) electrons. The molecular weight excluding hydrogens is 416 g/mol. The average Bonchev–Trinajstić information content (AvgIpc) is 2.79. The number of rotatable bonds is 8. The largest absolute Gasteiger partial charge is 0.465 e. The zero-order valence-electron chi connectivity index (χ0n) is 17.6. The van der Waals surface area contributed by atoms with Gasteiger partial charge < -0.3 is 10.1 Å². The second-order valence-corrected chi connectivity index (χ2v) is 9.72. The number of hydrogen-bond acceptors (Lipinski definition) is 5. The maximum absolute atomic E-state index is 12.8. The van der Waals surface area contributed by atoms with Gasteiger partial charge in [-0.15, -0.1) is 0 Å². The van der Waals surface area contributed by atoms with E-state index in [9.17, 15) is 18.0 Å². The molecule has 7 nitrogen and oxygen atoms in total. The van der Waals surface area contributed by atoms with Crippen molar-refractivity contribution in [2.45, 2.75) is 25.7 Å². The van der Waals surface area contributed by atoms with Gasteiger partial charge in [-0.2, -0.15) is 0 Å². The van der Waals surface area contributed by atoms with Gasteiger partial charge in [0.1, 0.15) is 0 Å². The van der Waals surface area contributed by atoms with Crippen LogP contribution >= 0.6 is 0 Å². The van der Waals surface area contributed by atoms with Gasteiger partial charge >= 0.3 is 5.97 Å². The Morgan fingerprint density at radius 2 is 1.81 bits per heavy atom. The summed E-state index contributed by atoms with van der Waals surface area (Å²) in [5, 5.41) is 2.77. The van der Waals surface area contributed by atoms with Crippen molar-refractivity contribution in [2.24, 2.45) is 5.92 Å². The third-order valence-electron chi connectivity index (χ3n) is 5.45. The first kappa shape index (κ1) is 23.0. The molecule has 0 aromatic heterocycles. The molecule has 0 bridgehead atoms. The summed E-state index contributed by atoms with van der Waals surface area (Å²) in [6, 6.07) is 16.4. The van der Waals surface area contributed by atoms with E-state index >= 15 is 0 Å². The fraction of sp³-hybridized carbons (Fsp3) is 0.391. The summed E-state index contributed by atoms with van der Waals surface area (Å²) in [5.41, 5.74) is 1.74. The van der Waals surface area contributed by atoms with Crippen molar-refractivity contribution >= 4 is 27.6 Å². The van der Waals surface area contributed by atoms with E-state index in [4.69, 9.17) is 4.74 Å². The fourth-order valence-corrected chi connectivity index (χ4v) is 5.34. The number of aryl methyl sites for hydroxylation is 1. The summed E-state index contributed by atoms with van der Waals surface area (Å²) < 4.78 is 31.8. The molecule has 0 aliphatic carbocycles. The van der Waals surface area contributed by atoms with E-state index in [0.29, 0.717) is 37.9 Å². The zero-order chi connectivity index (χ0) is 22.3. The predicted molar refractivity (Wildman–Crippen MR) is 119 cm³/mol. The third kappa shape index (κ3) is 6.15. The topological polar surface area (TPSA) is 92.8 Å². The standard InChI is InChI=1S/C23H28N2O5S/c1-30-23(27)20-13-5-6-14-21(20)24-22(26)19-12-7-15-25(17-19)31(28,29)16-8-11-18-9-3-2-4-10-18/h2-6,9-10,13-14,19H,7-8,11-12,15-17H2,1H3,(H,24,26). The molecule has 1 saturated heterocycles. The minimum atomic E-state index is -3.44. The molecule has 2 aromatic carbocycles. The monoisotopic (exact) mass is 444 g/mol. The number of carbonyl (C=O) groups excluding carboxylic acids is 2. The van der Waals surface area contributed by atoms with E-state index in [1.54, 1.807) is 24.3 Å². The number of hydrogen-bond donors (Lipinski definition) is 1. The third-order valence-corrected chi connectivity index (χ3v) is 7.37. The number of ether oxygens (including phenoxy) is 1. The zero-order valence-corrected chi connectivity index (χ0v) is 18.4. The molecule has 1 heterocycles. The van der Waals surface area contributed by atoms with Crippen LogP contribution in [0.3, 0.4) is 0 Å². The highest BCUT2D eigenvalue weighted by molar-refractivity contribution is 7.89. The molecule has 1 aliphatic rings. The maximum Gasteiger partial charge on any atom is 0.339 e. The van der Waals surface area contributed by atoms with Crippen LogP contribution in [-0.4, -0.2) is 50.6 Å². The van der Waals surface area contributed by atoms with Crippen molar-refractivity contribution in [1.29, 1.82) is 0 Å². The van der Waals surface area contributed by atoms with Crippen molar-refractivity contribution < 1.29 is 22.7 Å². The summed E-state index contributed by atoms with van der Waals surface area (Å²) in [5.74, 6) is -1.24. The summed E-state index contributed by atoms with van der Waals surface area (Å²) >= 11 is 0. The molecule has 0 spiro atoms. The Hall–Kier alpha value is -2.71. The highest BCUT2D eigenvalue weighted by Crippen LogP contribution is 2.23. The number of methoxy groups -OCH3 is 1. The van der Waals surface area contributed by atoms with Gasteiger partial charge in [-0.05, 0) is 43.4 Å². The number of nitrogens with zero attached hydrogens (tertiary/aromatic N) is 1. The van der Waals surface area contributed by atoms with Crippen molar-refractivity contribution in [2.75, 3.05) is 31.3 Å². The van der Waals surface area contributed by atoms with Crippen LogP contribution in [0.15, 0.2) is 54.6 Å². The first-order chi connectivity index (χ1) is 14.9. The van der Waals surface area contributed by atoms with Crippen LogP contribution in [0, 0.1) is 5.92 Å². The smallest absolute Gasteiger partial charge is 0.339 e. The van der Waals surface area contributed by atoms with Gasteiger partial charge in [0.25, 0.3) is 0 Å². The number of amides is 1. The van der Waals surface area contributed by atoms with Crippen LogP contribution in [0.25, 0.3) is 0 Å². The highest BCUT2D eigenvalue weighted by Gasteiger charge is 2.32. The average molecular weight is 445 g/mol. The second-order valence-electron chi connectivity index (χ2n) is 7.63. The highest BCUT2D eigenvalue weighted by atomic mass is 32.2. The molecule has 1 amide bonds. The van der Waals surface area contributed by atoms with Crippen LogP contribution in [0.1, 0.15) is 35.2 Å². The minimum Gasteiger partial charge on any atom is -0.465 e. The lowest BCUT2D eigenvalue weighted by molar-refractivity contribution is -0.120. The van der Waals surface area contributed by atoms with E-state index in [2.05, 4.69) is 5.32 Å². The Morgan fingerprint density at radius 1 is 1.10 bits per heavy atom. The number of para-hydroxylation sites is 1. The van der Waals surface area contributed by atoms with Crippen molar-refractivity contribution in [1.82, 2.24) is 4.31 Å². The quantitative estimate of drug-likeness (QED) is 0.632. The molecule has 0 saturated carbocycles. The first-order valence-corrected chi connectivity index (χ1v) is 12.0. The molecule has 1 atom stereocenters. The van der Waals surface area contributed by atoms with E-state index in [1.165, 1.54) is 11.4 Å². The number of benzene rings is 2. The van der Waals surface area contributed by atoms with Crippen LogP contribution in [0.2, 0.25) is 0 Å². The van der Waals surface area contributed by atoms with E-state index in [0.717, 1.165) is 5.56 Å². The second kappa shape index (κ2) is 10.5. The molecule has 31 heavy (non-hydrogen) atoms. The number of sulfonamides is 1. The summed E-state index contributed by atoms with van der Waals surface area (Å²) in [6.45, 7) is 0.579. The lowest BCUT2D eigenvalue weighted by Gasteiger charge is -2.31. The summed E-state index contributed by atoms with van der Waals surface area (Å²) in [7, 11) is -2.16. The number of esters is 1. The normalized spacial score (nSPS) is 17.1. The molecule has 1 aliphatic heterocycles.